The van der Waals surface area contributed by atoms with Gasteiger partial charge in [0.2, 0.25) is 5.91 Å². The molecule has 2 amide bonds. The molecular weight excluding hydrogens is 593 g/mol. The number of nitrogens with zero attached hydrogens (tertiary/aromatic N) is 2. The normalized spacial score (nSPS) is 13.0. The monoisotopic (exact) mass is 624 g/mol. The largest absolute Gasteiger partial charge is 0.457 e. The van der Waals surface area contributed by atoms with Crippen LogP contribution in [0.1, 0.15) is 40.7 Å². The van der Waals surface area contributed by atoms with Crippen molar-refractivity contribution in [2.75, 3.05) is 11.9 Å². The molecule has 0 spiro atoms. The maximum absolute atomic E-state index is 13.7. The Kier molecular flexibility index (Phi) is 8.61. The van der Waals surface area contributed by atoms with E-state index in [9.17, 15) is 22.8 Å². The minimum atomic E-state index is -4.53. The quantitative estimate of drug-likeness (QED) is 0.147. The number of hydrogen-bond donors (Lipinski definition) is 2. The van der Waals surface area contributed by atoms with Gasteiger partial charge in [0, 0.05) is 12.7 Å². The summed E-state index contributed by atoms with van der Waals surface area (Å²) in [5.41, 5.74) is 2.23. The molecule has 0 unspecified atom stereocenters. The summed E-state index contributed by atoms with van der Waals surface area (Å²) in [5.74, 6) is 0.347. The van der Waals surface area contributed by atoms with Crippen molar-refractivity contribution in [3.63, 3.8) is 0 Å². The number of carbonyl (C=O) groups excluding carboxylic acids is 2. The maximum atomic E-state index is 13.7. The van der Waals surface area contributed by atoms with Gasteiger partial charge in [-0.05, 0) is 65.8 Å². The molecule has 0 bridgehead atoms. The number of nitrogens with one attached hydrogen (secondary N) is 2. The summed E-state index contributed by atoms with van der Waals surface area (Å²) in [7, 11) is 0. The number of ether oxygens (including phenoxy) is 1. The summed E-state index contributed by atoms with van der Waals surface area (Å²) in [6, 6.07) is 30.9. The number of benzene rings is 4. The van der Waals surface area contributed by atoms with Crippen molar-refractivity contribution in [3.05, 3.63) is 132 Å². The summed E-state index contributed by atoms with van der Waals surface area (Å²) in [5, 5.41) is 4.98. The Morgan fingerprint density at radius 2 is 1.43 bits per heavy atom. The molecule has 10 heteroatoms. The lowest BCUT2D eigenvalue weighted by Gasteiger charge is -2.31. The molecule has 0 saturated carbocycles. The number of aryl methyl sites for hydroxylation is 1. The van der Waals surface area contributed by atoms with E-state index >= 15 is 0 Å². The minimum absolute atomic E-state index is 0.321. The molecule has 0 saturated heterocycles. The van der Waals surface area contributed by atoms with Gasteiger partial charge in [0.1, 0.15) is 23.5 Å². The van der Waals surface area contributed by atoms with Gasteiger partial charge in [-0.1, -0.05) is 78.9 Å². The lowest BCUT2D eigenvalue weighted by atomic mass is 9.73. The average Bonchev–Trinajstić information content (AvgIpc) is 3.63. The molecule has 4 aromatic carbocycles. The first-order chi connectivity index (χ1) is 22.2. The van der Waals surface area contributed by atoms with Crippen LogP contribution in [0.2, 0.25) is 0 Å². The molecule has 1 aliphatic carbocycles. The van der Waals surface area contributed by atoms with Gasteiger partial charge in [0.15, 0.2) is 5.82 Å². The van der Waals surface area contributed by atoms with Crippen LogP contribution in [0.3, 0.4) is 0 Å². The van der Waals surface area contributed by atoms with Gasteiger partial charge in [0.05, 0.1) is 11.9 Å². The molecule has 234 valence electrons. The number of aromatic nitrogens is 2. The molecule has 2 N–H and O–H groups in total. The fourth-order valence-electron chi connectivity index (χ4n) is 6.06. The molecule has 5 aromatic rings. The summed E-state index contributed by atoms with van der Waals surface area (Å²) in [4.78, 5) is 31.1. The Balaban J connectivity index is 1.13. The Morgan fingerprint density at radius 3 is 2.13 bits per heavy atom. The van der Waals surface area contributed by atoms with Crippen LogP contribution >= 0.6 is 0 Å². The number of unbranched alkanes of at least 4 members (excludes halogenated alkanes) is 1. The van der Waals surface area contributed by atoms with Crippen LogP contribution in [-0.4, -0.2) is 34.1 Å². The number of imidazole rings is 1. The van der Waals surface area contributed by atoms with Gasteiger partial charge in [-0.3, -0.25) is 9.59 Å². The number of carbonyl (C=O) groups is 2. The number of anilines is 1. The zero-order valence-corrected chi connectivity index (χ0v) is 24.8. The van der Waals surface area contributed by atoms with Crippen LogP contribution in [0.15, 0.2) is 116 Å². The van der Waals surface area contributed by atoms with Crippen molar-refractivity contribution < 1.29 is 27.5 Å². The van der Waals surface area contributed by atoms with Crippen LogP contribution < -0.4 is 15.4 Å². The summed E-state index contributed by atoms with van der Waals surface area (Å²) < 4.78 is 47.2. The molecule has 46 heavy (non-hydrogen) atoms. The van der Waals surface area contributed by atoms with E-state index in [0.29, 0.717) is 59.8 Å². The SMILES string of the molecule is O=C(Nc1cn(CCCCC2(C(=O)NCC(F)(F)F)c3ccccc3-c3ccccc32)cn1)c1ccccc1Oc1ccccc1. The zero-order chi connectivity index (χ0) is 32.1. The summed E-state index contributed by atoms with van der Waals surface area (Å²) >= 11 is 0. The number of halogens is 3. The van der Waals surface area contributed by atoms with Gasteiger partial charge in [-0.2, -0.15) is 13.2 Å². The maximum Gasteiger partial charge on any atom is 0.405 e. The molecule has 7 nitrogen and oxygen atoms in total. The predicted molar refractivity (Wildman–Crippen MR) is 169 cm³/mol. The number of amides is 2. The molecule has 0 radical (unpaired) electrons. The van der Waals surface area contributed by atoms with Crippen molar-refractivity contribution in [1.29, 1.82) is 0 Å². The summed E-state index contributed by atoms with van der Waals surface area (Å²) in [6.45, 7) is -0.871. The first kappa shape index (κ1) is 30.6. The van der Waals surface area contributed by atoms with E-state index in [0.717, 1.165) is 11.1 Å². The van der Waals surface area contributed by atoms with E-state index < -0.39 is 24.0 Å². The number of fused-ring (bicyclic) bond motifs is 3. The first-order valence-corrected chi connectivity index (χ1v) is 14.9. The molecule has 6 rings (SSSR count). The van der Waals surface area contributed by atoms with E-state index in [1.807, 2.05) is 71.3 Å². The van der Waals surface area contributed by atoms with Crippen LogP contribution in [0.25, 0.3) is 11.1 Å². The third-order valence-corrected chi connectivity index (χ3v) is 8.10. The van der Waals surface area contributed by atoms with Crippen LogP contribution in [0.4, 0.5) is 19.0 Å². The van der Waals surface area contributed by atoms with Crippen molar-refractivity contribution in [2.45, 2.75) is 37.4 Å². The van der Waals surface area contributed by atoms with Crippen molar-refractivity contribution >= 4 is 17.6 Å². The van der Waals surface area contributed by atoms with E-state index in [-0.39, 0.29) is 5.91 Å². The third kappa shape index (κ3) is 6.37. The Bertz CT molecular complexity index is 1810. The Hall–Kier alpha value is -5.38. The van der Waals surface area contributed by atoms with E-state index in [1.54, 1.807) is 48.9 Å². The van der Waals surface area contributed by atoms with E-state index in [2.05, 4.69) is 15.6 Å². The standard InChI is InChI=1S/C36H31F3N4O3/c37-36(38,39)23-40-34(45)35(29-17-7-4-14-26(29)27-15-5-8-18-30(27)35)20-10-11-21-43-22-32(41-24-43)42-33(44)28-16-6-9-19-31(28)46-25-12-2-1-3-13-25/h1-9,12-19,22,24H,10-11,20-21,23H2,(H,40,45)(H,42,44). The number of alkyl halides is 3. The van der Waals surface area contributed by atoms with Crippen molar-refractivity contribution in [1.82, 2.24) is 14.9 Å². The smallest absolute Gasteiger partial charge is 0.405 e. The van der Waals surface area contributed by atoms with Crippen LogP contribution in [0, 0.1) is 0 Å². The zero-order valence-electron chi connectivity index (χ0n) is 24.8. The van der Waals surface area contributed by atoms with Crippen molar-refractivity contribution in [3.8, 4) is 22.6 Å². The molecule has 0 atom stereocenters. The molecule has 0 aliphatic heterocycles. The minimum Gasteiger partial charge on any atom is -0.457 e. The van der Waals surface area contributed by atoms with Gasteiger partial charge in [-0.25, -0.2) is 4.98 Å². The fourth-order valence-corrected chi connectivity index (χ4v) is 6.06. The second kappa shape index (κ2) is 12.9. The summed E-state index contributed by atoms with van der Waals surface area (Å²) in [6.07, 6.45) is 0.280. The average molecular weight is 625 g/mol. The first-order valence-electron chi connectivity index (χ1n) is 14.9. The lowest BCUT2D eigenvalue weighted by molar-refractivity contribution is -0.141. The number of hydrogen-bond acceptors (Lipinski definition) is 4. The van der Waals surface area contributed by atoms with Crippen molar-refractivity contribution in [2.24, 2.45) is 0 Å². The second-order valence-corrected chi connectivity index (χ2v) is 11.1. The van der Waals surface area contributed by atoms with Gasteiger partial charge in [0.25, 0.3) is 5.91 Å². The van der Waals surface area contributed by atoms with Gasteiger partial charge < -0.3 is 19.9 Å². The molecule has 0 fully saturated rings. The molecule has 1 aliphatic rings. The van der Waals surface area contributed by atoms with Crippen LogP contribution in [-0.2, 0) is 16.8 Å². The number of rotatable bonds is 11. The van der Waals surface area contributed by atoms with E-state index in [1.165, 1.54) is 0 Å². The topological polar surface area (TPSA) is 85.3 Å². The molecular formula is C36H31F3N4O3. The predicted octanol–water partition coefficient (Wildman–Crippen LogP) is 7.74. The highest BCUT2D eigenvalue weighted by molar-refractivity contribution is 6.05. The Labute approximate surface area is 264 Å². The third-order valence-electron chi connectivity index (χ3n) is 8.10. The highest BCUT2D eigenvalue weighted by Crippen LogP contribution is 2.51. The van der Waals surface area contributed by atoms with Gasteiger partial charge in [-0.15, -0.1) is 0 Å². The lowest BCUT2D eigenvalue weighted by Crippen LogP contribution is -2.47. The second-order valence-electron chi connectivity index (χ2n) is 11.1. The highest BCUT2D eigenvalue weighted by Gasteiger charge is 2.49. The fraction of sp³-hybridized carbons (Fsp3) is 0.194. The Morgan fingerprint density at radius 1 is 0.804 bits per heavy atom. The van der Waals surface area contributed by atoms with Crippen LogP contribution in [0.5, 0.6) is 11.5 Å². The highest BCUT2D eigenvalue weighted by atomic mass is 19.4. The number of para-hydroxylation sites is 2. The van der Waals surface area contributed by atoms with Gasteiger partial charge >= 0.3 is 6.18 Å². The molecule has 1 heterocycles. The molecule has 1 aromatic heterocycles. The van der Waals surface area contributed by atoms with E-state index in [4.69, 9.17) is 4.74 Å².